The molecule has 0 saturated carbocycles. The van der Waals surface area contributed by atoms with Crippen molar-refractivity contribution in [2.75, 3.05) is 6.79 Å². The zero-order chi connectivity index (χ0) is 12.6. The predicted molar refractivity (Wildman–Crippen MR) is 64.9 cm³/mol. The van der Waals surface area contributed by atoms with Crippen molar-refractivity contribution in [1.82, 2.24) is 0 Å². The Kier molecular flexibility index (Phi) is 4.33. The Hall–Kier alpha value is -2.33. The van der Waals surface area contributed by atoms with E-state index in [1.807, 2.05) is 24.3 Å². The summed E-state index contributed by atoms with van der Waals surface area (Å²) in [4.78, 5) is 20.7. The smallest absolute Gasteiger partial charge is 0.373 e. The van der Waals surface area contributed by atoms with Gasteiger partial charge in [-0.1, -0.05) is 36.4 Å². The summed E-state index contributed by atoms with van der Waals surface area (Å²) in [6, 6.07) is 17.7. The summed E-state index contributed by atoms with van der Waals surface area (Å²) in [5.74, 6) is 0.0977. The molecule has 0 fully saturated rings. The number of hydrogen-bond donors (Lipinski definition) is 0. The highest BCUT2D eigenvalue weighted by Crippen LogP contribution is 2.08. The Morgan fingerprint density at radius 1 is 0.889 bits per heavy atom. The third-order valence-corrected chi connectivity index (χ3v) is 2.16. The van der Waals surface area contributed by atoms with Crippen molar-refractivity contribution < 1.29 is 19.3 Å². The minimum Gasteiger partial charge on any atom is -0.464 e. The summed E-state index contributed by atoms with van der Waals surface area (Å²) in [5, 5.41) is 0. The second kappa shape index (κ2) is 6.42. The van der Waals surface area contributed by atoms with Gasteiger partial charge in [0.1, 0.15) is 5.75 Å². The van der Waals surface area contributed by atoms with Gasteiger partial charge in [-0.15, -0.1) is 4.89 Å². The van der Waals surface area contributed by atoms with E-state index >= 15 is 0 Å². The van der Waals surface area contributed by atoms with Crippen LogP contribution in [0.2, 0.25) is 0 Å². The summed E-state index contributed by atoms with van der Waals surface area (Å²) in [7, 11) is 0. The van der Waals surface area contributed by atoms with Gasteiger partial charge < -0.3 is 4.74 Å². The quantitative estimate of drug-likeness (QED) is 0.351. The third-order valence-electron chi connectivity index (χ3n) is 2.16. The van der Waals surface area contributed by atoms with E-state index in [-0.39, 0.29) is 6.79 Å². The van der Waals surface area contributed by atoms with Gasteiger partial charge in [0.25, 0.3) is 0 Å². The lowest BCUT2D eigenvalue weighted by molar-refractivity contribution is -0.274. The van der Waals surface area contributed by atoms with Gasteiger partial charge >= 0.3 is 5.97 Å². The molecule has 0 aromatic heterocycles. The van der Waals surface area contributed by atoms with Gasteiger partial charge in [0.15, 0.2) is 0 Å². The van der Waals surface area contributed by atoms with Crippen LogP contribution >= 0.6 is 0 Å². The van der Waals surface area contributed by atoms with Crippen molar-refractivity contribution in [3.05, 3.63) is 66.2 Å². The number of para-hydroxylation sites is 1. The molecule has 0 N–H and O–H groups in total. The zero-order valence-electron chi connectivity index (χ0n) is 9.61. The van der Waals surface area contributed by atoms with Crippen molar-refractivity contribution in [3.63, 3.8) is 0 Å². The Morgan fingerprint density at radius 3 is 2.17 bits per heavy atom. The number of hydrogen-bond acceptors (Lipinski definition) is 4. The van der Waals surface area contributed by atoms with Gasteiger partial charge in [0, 0.05) is 0 Å². The molecule has 0 radical (unpaired) electrons. The van der Waals surface area contributed by atoms with Crippen LogP contribution in [0.1, 0.15) is 10.4 Å². The fourth-order valence-corrected chi connectivity index (χ4v) is 1.31. The van der Waals surface area contributed by atoms with Gasteiger partial charge in [-0.05, 0) is 24.3 Å². The number of carbonyl (C=O) groups excluding carboxylic acids is 1. The van der Waals surface area contributed by atoms with E-state index < -0.39 is 5.97 Å². The van der Waals surface area contributed by atoms with E-state index in [2.05, 4.69) is 9.78 Å². The molecule has 0 saturated heterocycles. The van der Waals surface area contributed by atoms with Crippen LogP contribution < -0.4 is 4.74 Å². The molecule has 0 aliphatic heterocycles. The van der Waals surface area contributed by atoms with Crippen LogP contribution in [0.4, 0.5) is 0 Å². The molecule has 0 aliphatic carbocycles. The molecule has 2 aromatic carbocycles. The summed E-state index contributed by atoms with van der Waals surface area (Å²) >= 11 is 0. The molecule has 4 nitrogen and oxygen atoms in total. The van der Waals surface area contributed by atoms with E-state index in [0.29, 0.717) is 11.3 Å². The lowest BCUT2D eigenvalue weighted by Crippen LogP contribution is -2.09. The van der Waals surface area contributed by atoms with Crippen molar-refractivity contribution in [3.8, 4) is 5.75 Å². The summed E-state index contributed by atoms with van der Waals surface area (Å²) in [6.45, 7) is -0.150. The van der Waals surface area contributed by atoms with Crippen LogP contribution in [0.15, 0.2) is 60.7 Å². The van der Waals surface area contributed by atoms with E-state index in [4.69, 9.17) is 4.74 Å². The fourth-order valence-electron chi connectivity index (χ4n) is 1.31. The van der Waals surface area contributed by atoms with Gasteiger partial charge in [0.2, 0.25) is 6.79 Å². The predicted octanol–water partition coefficient (Wildman–Crippen LogP) is 2.81. The van der Waals surface area contributed by atoms with Gasteiger partial charge in [-0.2, -0.15) is 0 Å². The topological polar surface area (TPSA) is 44.8 Å². The first-order valence-electron chi connectivity index (χ1n) is 5.43. The number of carbonyl (C=O) groups is 1. The molecule has 92 valence electrons. The molecule has 0 bridgehead atoms. The van der Waals surface area contributed by atoms with Crippen molar-refractivity contribution in [2.45, 2.75) is 0 Å². The molecule has 0 aliphatic rings. The maximum atomic E-state index is 11.5. The Balaban J connectivity index is 1.72. The average Bonchev–Trinajstić information content (AvgIpc) is 2.45. The minimum absolute atomic E-state index is 0.150. The van der Waals surface area contributed by atoms with E-state index in [9.17, 15) is 4.79 Å². The van der Waals surface area contributed by atoms with Crippen LogP contribution in [0.25, 0.3) is 0 Å². The lowest BCUT2D eigenvalue weighted by atomic mass is 10.2. The second-order valence-electron chi connectivity index (χ2n) is 3.43. The van der Waals surface area contributed by atoms with Crippen LogP contribution in [0.3, 0.4) is 0 Å². The van der Waals surface area contributed by atoms with Gasteiger partial charge in [-0.3, -0.25) is 4.89 Å². The average molecular weight is 244 g/mol. The molecule has 0 atom stereocenters. The SMILES string of the molecule is O=C(OOCOc1ccccc1)c1ccccc1. The van der Waals surface area contributed by atoms with E-state index in [1.54, 1.807) is 36.4 Å². The van der Waals surface area contributed by atoms with E-state index in [1.165, 1.54) is 0 Å². The highest BCUT2D eigenvalue weighted by molar-refractivity contribution is 5.88. The normalized spacial score (nSPS) is 9.78. The van der Waals surface area contributed by atoms with Gasteiger partial charge in [0.05, 0.1) is 5.56 Å². The van der Waals surface area contributed by atoms with Crippen molar-refractivity contribution >= 4 is 5.97 Å². The van der Waals surface area contributed by atoms with Crippen molar-refractivity contribution in [2.24, 2.45) is 0 Å². The van der Waals surface area contributed by atoms with Crippen LogP contribution in [-0.4, -0.2) is 12.8 Å². The second-order valence-corrected chi connectivity index (χ2v) is 3.43. The zero-order valence-corrected chi connectivity index (χ0v) is 9.61. The molecular formula is C14H12O4. The number of benzene rings is 2. The van der Waals surface area contributed by atoms with Crippen molar-refractivity contribution in [1.29, 1.82) is 0 Å². The van der Waals surface area contributed by atoms with Crippen LogP contribution in [0, 0.1) is 0 Å². The van der Waals surface area contributed by atoms with E-state index in [0.717, 1.165) is 0 Å². The molecule has 0 unspecified atom stereocenters. The highest BCUT2D eigenvalue weighted by atomic mass is 17.2. The largest absolute Gasteiger partial charge is 0.464 e. The first kappa shape index (κ1) is 12.1. The number of ether oxygens (including phenoxy) is 1. The van der Waals surface area contributed by atoms with Crippen LogP contribution in [0.5, 0.6) is 5.75 Å². The molecule has 2 rings (SSSR count). The first-order chi connectivity index (χ1) is 8.86. The number of rotatable bonds is 5. The molecule has 2 aromatic rings. The molecule has 0 spiro atoms. The van der Waals surface area contributed by atoms with Gasteiger partial charge in [-0.25, -0.2) is 4.79 Å². The molecular weight excluding hydrogens is 232 g/mol. The molecule has 4 heteroatoms. The lowest BCUT2D eigenvalue weighted by Gasteiger charge is -2.05. The minimum atomic E-state index is -0.549. The monoisotopic (exact) mass is 244 g/mol. The third kappa shape index (κ3) is 3.61. The fraction of sp³-hybridized carbons (Fsp3) is 0.0714. The highest BCUT2D eigenvalue weighted by Gasteiger charge is 2.06. The summed E-state index contributed by atoms with van der Waals surface area (Å²) < 4.78 is 5.19. The maximum Gasteiger partial charge on any atom is 0.373 e. The Bertz CT molecular complexity index is 482. The summed E-state index contributed by atoms with van der Waals surface area (Å²) in [6.07, 6.45) is 0. The summed E-state index contributed by atoms with van der Waals surface area (Å²) in [5.41, 5.74) is 0.428. The molecule has 18 heavy (non-hydrogen) atoms. The van der Waals surface area contributed by atoms with Crippen LogP contribution in [-0.2, 0) is 9.78 Å². The maximum absolute atomic E-state index is 11.5. The Labute approximate surface area is 105 Å². The molecule has 0 heterocycles. The molecule has 0 amide bonds. The standard InChI is InChI=1S/C14H12O4/c15-14(12-7-3-1-4-8-12)18-17-11-16-13-9-5-2-6-10-13/h1-10H,11H2. The first-order valence-corrected chi connectivity index (χ1v) is 5.43. The Morgan fingerprint density at radius 2 is 1.50 bits per heavy atom.